The first kappa shape index (κ1) is 27.6. The highest BCUT2D eigenvalue weighted by Crippen LogP contribution is 2.07. The molecule has 1 fully saturated rings. The van der Waals surface area contributed by atoms with Crippen molar-refractivity contribution < 1.29 is 39.3 Å². The molecule has 0 aromatic carbocycles. The molecule has 0 aliphatic carbocycles. The molecular weight excluding hydrogens is 442 g/mol. The van der Waals surface area contributed by atoms with E-state index in [1.54, 1.807) is 0 Å². The highest BCUT2D eigenvalue weighted by Gasteiger charge is 2.31. The standard InChI is InChI=1S/C18H31N7O8/c19-18(20)22-6-2-4-10(23-14(29)9-3-1-5-21-9)15(30)25-12(8-26)16(31)24-11(17(32)33)7-13(27)28/h9-12,21,26H,1-8H2,(H,23,29)(H,24,31)(H,25,30)(H,27,28)(H,32,33)(H4,19,20,22). The lowest BCUT2D eigenvalue weighted by molar-refractivity contribution is -0.147. The molecule has 15 nitrogen and oxygen atoms in total. The Hall–Kier alpha value is -3.46. The molecule has 15 heteroatoms. The number of aliphatic imine (C=N–C) groups is 1. The Labute approximate surface area is 189 Å². The highest BCUT2D eigenvalue weighted by atomic mass is 16.4. The number of nitrogens with zero attached hydrogens (tertiary/aromatic N) is 1. The zero-order valence-electron chi connectivity index (χ0n) is 18.0. The maximum Gasteiger partial charge on any atom is 0.326 e. The van der Waals surface area contributed by atoms with E-state index in [9.17, 15) is 29.1 Å². The number of hydrogen-bond acceptors (Lipinski definition) is 8. The molecule has 1 saturated heterocycles. The van der Waals surface area contributed by atoms with Crippen LogP contribution < -0.4 is 32.7 Å². The summed E-state index contributed by atoms with van der Waals surface area (Å²) in [6.45, 7) is -0.0494. The lowest BCUT2D eigenvalue weighted by Crippen LogP contribution is -2.58. The first-order valence-electron chi connectivity index (χ1n) is 10.3. The van der Waals surface area contributed by atoms with Gasteiger partial charge in [0.25, 0.3) is 0 Å². The molecule has 1 aliphatic heterocycles. The minimum absolute atomic E-state index is 0.109. The van der Waals surface area contributed by atoms with Crippen molar-refractivity contribution in [2.24, 2.45) is 16.5 Å². The molecular formula is C18H31N7O8. The minimum atomic E-state index is -1.76. The van der Waals surface area contributed by atoms with Gasteiger partial charge >= 0.3 is 11.9 Å². The number of amides is 3. The van der Waals surface area contributed by atoms with Gasteiger partial charge < -0.3 is 48.1 Å². The molecule has 186 valence electrons. The Bertz CT molecular complexity index is 750. The molecule has 4 unspecified atom stereocenters. The fourth-order valence-electron chi connectivity index (χ4n) is 3.07. The summed E-state index contributed by atoms with van der Waals surface area (Å²) in [5, 5.41) is 37.1. The van der Waals surface area contributed by atoms with E-state index in [-0.39, 0.29) is 18.9 Å². The van der Waals surface area contributed by atoms with Gasteiger partial charge in [0.1, 0.15) is 18.1 Å². The van der Waals surface area contributed by atoms with Crippen molar-refractivity contribution in [2.45, 2.75) is 56.3 Å². The van der Waals surface area contributed by atoms with E-state index < -0.39 is 66.9 Å². The second kappa shape index (κ2) is 13.8. The van der Waals surface area contributed by atoms with Crippen molar-refractivity contribution in [1.29, 1.82) is 0 Å². The maximum atomic E-state index is 12.8. The largest absolute Gasteiger partial charge is 0.481 e. The average Bonchev–Trinajstić information content (AvgIpc) is 3.27. The molecule has 33 heavy (non-hydrogen) atoms. The maximum absolute atomic E-state index is 12.8. The number of aliphatic hydroxyl groups is 1. The van der Waals surface area contributed by atoms with Crippen molar-refractivity contribution in [3.63, 3.8) is 0 Å². The van der Waals surface area contributed by atoms with Crippen molar-refractivity contribution >= 4 is 35.6 Å². The van der Waals surface area contributed by atoms with Crippen LogP contribution in [-0.2, 0) is 24.0 Å². The van der Waals surface area contributed by atoms with Crippen molar-refractivity contribution in [1.82, 2.24) is 21.3 Å². The first-order chi connectivity index (χ1) is 15.5. The van der Waals surface area contributed by atoms with Gasteiger partial charge in [0, 0.05) is 6.54 Å². The molecule has 4 atom stereocenters. The van der Waals surface area contributed by atoms with E-state index in [1.807, 2.05) is 5.32 Å². The fraction of sp³-hybridized carbons (Fsp3) is 0.667. The van der Waals surface area contributed by atoms with Gasteiger partial charge in [-0.15, -0.1) is 0 Å². The van der Waals surface area contributed by atoms with Crippen molar-refractivity contribution in [2.75, 3.05) is 19.7 Å². The van der Waals surface area contributed by atoms with Crippen LogP contribution in [0.3, 0.4) is 0 Å². The normalized spacial score (nSPS) is 17.8. The molecule has 1 aliphatic rings. The van der Waals surface area contributed by atoms with Crippen LogP contribution in [0.4, 0.5) is 0 Å². The summed E-state index contributed by atoms with van der Waals surface area (Å²) in [6, 6.07) is -4.90. The number of rotatable bonds is 14. The van der Waals surface area contributed by atoms with Crippen LogP contribution >= 0.6 is 0 Å². The van der Waals surface area contributed by atoms with Crippen LogP contribution in [0, 0.1) is 0 Å². The Morgan fingerprint density at radius 1 is 1.00 bits per heavy atom. The van der Waals surface area contributed by atoms with E-state index in [0.717, 1.165) is 6.42 Å². The summed E-state index contributed by atoms with van der Waals surface area (Å²) < 4.78 is 0. The van der Waals surface area contributed by atoms with Gasteiger partial charge in [0.15, 0.2) is 5.96 Å². The molecule has 0 radical (unpaired) electrons. The van der Waals surface area contributed by atoms with Gasteiger partial charge in [-0.05, 0) is 32.2 Å². The smallest absolute Gasteiger partial charge is 0.326 e. The number of carbonyl (C=O) groups excluding carboxylic acids is 3. The Morgan fingerprint density at radius 2 is 1.64 bits per heavy atom. The van der Waals surface area contributed by atoms with Gasteiger partial charge in [-0.1, -0.05) is 0 Å². The van der Waals surface area contributed by atoms with Crippen LogP contribution in [0.2, 0.25) is 0 Å². The molecule has 0 bridgehead atoms. The van der Waals surface area contributed by atoms with Crippen LogP contribution in [0.25, 0.3) is 0 Å². The summed E-state index contributed by atoms with van der Waals surface area (Å²) in [4.78, 5) is 63.2. The topological polar surface area (TPSA) is 259 Å². The number of nitrogens with one attached hydrogen (secondary N) is 4. The number of carboxylic acid groups (broad SMARTS) is 2. The molecule has 0 spiro atoms. The summed E-state index contributed by atoms with van der Waals surface area (Å²) in [7, 11) is 0. The number of guanidine groups is 1. The number of hydrogen-bond donors (Lipinski definition) is 9. The van der Waals surface area contributed by atoms with Gasteiger partial charge in [-0.3, -0.25) is 24.2 Å². The van der Waals surface area contributed by atoms with E-state index >= 15 is 0 Å². The third-order valence-electron chi connectivity index (χ3n) is 4.76. The van der Waals surface area contributed by atoms with E-state index in [0.29, 0.717) is 19.4 Å². The number of aliphatic hydroxyl groups excluding tert-OH is 1. The van der Waals surface area contributed by atoms with Crippen LogP contribution in [0.15, 0.2) is 4.99 Å². The van der Waals surface area contributed by atoms with E-state index in [1.165, 1.54) is 0 Å². The second-order valence-electron chi connectivity index (χ2n) is 7.40. The van der Waals surface area contributed by atoms with E-state index in [4.69, 9.17) is 21.7 Å². The summed E-state index contributed by atoms with van der Waals surface area (Å²) in [6.07, 6.45) is 0.913. The molecule has 0 aromatic heterocycles. The van der Waals surface area contributed by atoms with Crippen molar-refractivity contribution in [3.8, 4) is 0 Å². The Balaban J connectivity index is 2.83. The van der Waals surface area contributed by atoms with Gasteiger partial charge in [-0.2, -0.15) is 0 Å². The van der Waals surface area contributed by atoms with Crippen LogP contribution in [-0.4, -0.2) is 94.8 Å². The lowest BCUT2D eigenvalue weighted by atomic mass is 10.1. The molecule has 1 heterocycles. The molecule has 11 N–H and O–H groups in total. The van der Waals surface area contributed by atoms with E-state index in [2.05, 4.69) is 20.9 Å². The summed E-state index contributed by atoms with van der Waals surface area (Å²) in [5.74, 6) is -5.50. The highest BCUT2D eigenvalue weighted by molar-refractivity contribution is 5.94. The lowest BCUT2D eigenvalue weighted by Gasteiger charge is -2.24. The predicted molar refractivity (Wildman–Crippen MR) is 114 cm³/mol. The zero-order valence-corrected chi connectivity index (χ0v) is 18.0. The number of carboxylic acids is 2. The molecule has 0 aromatic rings. The van der Waals surface area contributed by atoms with Crippen LogP contribution in [0.1, 0.15) is 32.1 Å². The summed E-state index contributed by atoms with van der Waals surface area (Å²) in [5.41, 5.74) is 10.5. The van der Waals surface area contributed by atoms with Gasteiger partial charge in [0.2, 0.25) is 17.7 Å². The van der Waals surface area contributed by atoms with Crippen LogP contribution in [0.5, 0.6) is 0 Å². The average molecular weight is 473 g/mol. The fourth-order valence-corrected chi connectivity index (χ4v) is 3.07. The molecule has 0 saturated carbocycles. The van der Waals surface area contributed by atoms with Crippen molar-refractivity contribution in [3.05, 3.63) is 0 Å². The minimum Gasteiger partial charge on any atom is -0.481 e. The third kappa shape index (κ3) is 10.1. The molecule has 3 amide bonds. The molecule has 1 rings (SSSR count). The predicted octanol–water partition coefficient (Wildman–Crippen LogP) is -4.20. The Morgan fingerprint density at radius 3 is 2.15 bits per heavy atom. The summed E-state index contributed by atoms with van der Waals surface area (Å²) >= 11 is 0. The van der Waals surface area contributed by atoms with Gasteiger partial charge in [0.05, 0.1) is 19.1 Å². The SMILES string of the molecule is NC(N)=NCCCC(NC(=O)C1CCCN1)C(=O)NC(CO)C(=O)NC(CC(=O)O)C(=O)O. The number of aliphatic carboxylic acids is 2. The quantitative estimate of drug-likeness (QED) is 0.0663. The zero-order chi connectivity index (χ0) is 25.0. The second-order valence-corrected chi connectivity index (χ2v) is 7.40. The third-order valence-corrected chi connectivity index (χ3v) is 4.76. The number of carbonyl (C=O) groups is 5. The Kier molecular flexibility index (Phi) is 11.6. The van der Waals surface area contributed by atoms with Gasteiger partial charge in [-0.25, -0.2) is 4.79 Å². The number of nitrogens with two attached hydrogens (primary N) is 2. The monoisotopic (exact) mass is 473 g/mol. The first-order valence-corrected chi connectivity index (χ1v) is 10.3.